The molecule has 20 heavy (non-hydrogen) atoms. The minimum atomic E-state index is -3.88. The molecule has 0 aromatic heterocycles. The Labute approximate surface area is 116 Å². The summed E-state index contributed by atoms with van der Waals surface area (Å²) in [5.41, 5.74) is 0.684. The van der Waals surface area contributed by atoms with Gasteiger partial charge >= 0.3 is 11.9 Å². The molecule has 0 fully saturated rings. The molecule has 0 aliphatic heterocycles. The van der Waals surface area contributed by atoms with Crippen LogP contribution in [-0.4, -0.2) is 37.8 Å². The second kappa shape index (κ2) is 6.38. The molecule has 0 atom stereocenters. The first-order valence-electron chi connectivity index (χ1n) is 5.75. The number of aryl methyl sites for hydroxylation is 1. The zero-order valence-electron chi connectivity index (χ0n) is 11.0. The van der Waals surface area contributed by atoms with E-state index in [4.69, 9.17) is 5.11 Å². The van der Waals surface area contributed by atoms with Crippen molar-refractivity contribution in [2.45, 2.75) is 13.8 Å². The summed E-state index contributed by atoms with van der Waals surface area (Å²) in [6.45, 7) is 3.22. The number of hydrogen-bond acceptors (Lipinski definition) is 5. The summed E-state index contributed by atoms with van der Waals surface area (Å²) < 4.78 is 30.1. The number of esters is 1. The van der Waals surface area contributed by atoms with Gasteiger partial charge in [-0.3, -0.25) is 9.52 Å². The first-order valence-corrected chi connectivity index (χ1v) is 7.40. The Morgan fingerprint density at radius 3 is 2.50 bits per heavy atom. The molecule has 0 aliphatic rings. The summed E-state index contributed by atoms with van der Waals surface area (Å²) in [6.07, 6.45) is 0. The molecule has 0 amide bonds. The van der Waals surface area contributed by atoms with Crippen LogP contribution in [0.15, 0.2) is 18.2 Å². The monoisotopic (exact) mass is 301 g/mol. The number of ether oxygens (including phenoxy) is 1. The minimum absolute atomic E-state index is 0.0818. The van der Waals surface area contributed by atoms with Crippen LogP contribution >= 0.6 is 0 Å². The van der Waals surface area contributed by atoms with Crippen molar-refractivity contribution in [1.29, 1.82) is 0 Å². The predicted octanol–water partition coefficient (Wildman–Crippen LogP) is 0.998. The zero-order chi connectivity index (χ0) is 15.3. The van der Waals surface area contributed by atoms with Crippen LogP contribution in [0.4, 0.5) is 5.69 Å². The summed E-state index contributed by atoms with van der Waals surface area (Å²) in [5, 5.41) is 8.87. The molecule has 0 bridgehead atoms. The quantitative estimate of drug-likeness (QED) is 0.758. The number of carboxylic acids is 1. The molecule has 2 N–H and O–H groups in total. The van der Waals surface area contributed by atoms with Gasteiger partial charge in [0.1, 0.15) is 0 Å². The van der Waals surface area contributed by atoms with Crippen LogP contribution in [0.1, 0.15) is 22.8 Å². The molecule has 1 rings (SSSR count). The number of benzene rings is 1. The van der Waals surface area contributed by atoms with E-state index in [0.29, 0.717) is 5.56 Å². The number of carbonyl (C=O) groups is 2. The fraction of sp³-hybridized carbons (Fsp3) is 0.333. The maximum absolute atomic E-state index is 11.7. The highest BCUT2D eigenvalue weighted by atomic mass is 32.2. The molecule has 0 saturated carbocycles. The van der Waals surface area contributed by atoms with Crippen molar-refractivity contribution in [1.82, 2.24) is 0 Å². The van der Waals surface area contributed by atoms with Gasteiger partial charge < -0.3 is 9.84 Å². The number of rotatable bonds is 6. The molecular weight excluding hydrogens is 286 g/mol. The molecule has 0 unspecified atom stereocenters. The van der Waals surface area contributed by atoms with Gasteiger partial charge in [-0.05, 0) is 37.6 Å². The van der Waals surface area contributed by atoms with Gasteiger partial charge in [0.05, 0.1) is 12.2 Å². The van der Waals surface area contributed by atoms with Gasteiger partial charge in [0.15, 0.2) is 5.75 Å². The largest absolute Gasteiger partial charge is 0.478 e. The van der Waals surface area contributed by atoms with Crippen molar-refractivity contribution in [3.8, 4) is 0 Å². The van der Waals surface area contributed by atoms with E-state index in [0.717, 1.165) is 0 Å². The molecule has 0 heterocycles. The lowest BCUT2D eigenvalue weighted by atomic mass is 10.1. The van der Waals surface area contributed by atoms with E-state index >= 15 is 0 Å². The molecule has 1 aromatic rings. The van der Waals surface area contributed by atoms with Crippen molar-refractivity contribution in [3.05, 3.63) is 29.3 Å². The van der Waals surface area contributed by atoms with E-state index < -0.39 is 27.7 Å². The maximum atomic E-state index is 11.7. The highest BCUT2D eigenvalue weighted by Gasteiger charge is 2.18. The van der Waals surface area contributed by atoms with Crippen LogP contribution in [0.25, 0.3) is 0 Å². The number of nitrogens with one attached hydrogen (secondary N) is 1. The molecule has 0 spiro atoms. The lowest BCUT2D eigenvalue weighted by molar-refractivity contribution is -0.139. The average Bonchev–Trinajstić information content (AvgIpc) is 2.26. The van der Waals surface area contributed by atoms with Crippen LogP contribution in [-0.2, 0) is 19.6 Å². The van der Waals surface area contributed by atoms with Crippen molar-refractivity contribution in [2.24, 2.45) is 0 Å². The van der Waals surface area contributed by atoms with Crippen LogP contribution in [0, 0.1) is 6.92 Å². The molecule has 0 saturated heterocycles. The Bertz CT molecular complexity index is 623. The Morgan fingerprint density at radius 1 is 1.35 bits per heavy atom. The summed E-state index contributed by atoms with van der Waals surface area (Å²) in [5.74, 6) is -2.73. The lowest BCUT2D eigenvalue weighted by Crippen LogP contribution is -2.24. The predicted molar refractivity (Wildman–Crippen MR) is 72.2 cm³/mol. The minimum Gasteiger partial charge on any atom is -0.478 e. The molecule has 8 heteroatoms. The Kier molecular flexibility index (Phi) is 5.09. The van der Waals surface area contributed by atoms with E-state index in [1.54, 1.807) is 13.8 Å². The fourth-order valence-electron chi connectivity index (χ4n) is 1.54. The van der Waals surface area contributed by atoms with E-state index in [2.05, 4.69) is 9.46 Å². The summed E-state index contributed by atoms with van der Waals surface area (Å²) in [7, 11) is -3.88. The maximum Gasteiger partial charge on any atom is 0.335 e. The summed E-state index contributed by atoms with van der Waals surface area (Å²) in [6, 6.07) is 3.99. The number of aromatic carboxylic acids is 1. The van der Waals surface area contributed by atoms with E-state index in [-0.39, 0.29) is 17.9 Å². The van der Waals surface area contributed by atoms with E-state index in [9.17, 15) is 18.0 Å². The Balaban J connectivity index is 2.85. The van der Waals surface area contributed by atoms with Gasteiger partial charge in [-0.15, -0.1) is 0 Å². The van der Waals surface area contributed by atoms with Crippen LogP contribution in [0.3, 0.4) is 0 Å². The standard InChI is InChI=1S/C12H15NO6S/c1-3-19-11(14)7-20(17,18)13-9-4-5-10(12(15)16)8(2)6-9/h4-6,13H,3,7H2,1-2H3,(H,15,16). The number of hydrogen-bond donors (Lipinski definition) is 2. The number of carbonyl (C=O) groups excluding carboxylic acids is 1. The first kappa shape index (κ1) is 16.0. The normalized spacial score (nSPS) is 10.9. The molecule has 7 nitrogen and oxygen atoms in total. The second-order valence-corrected chi connectivity index (χ2v) is 5.72. The summed E-state index contributed by atoms with van der Waals surface area (Å²) in [4.78, 5) is 22.0. The Morgan fingerprint density at radius 2 is 2.00 bits per heavy atom. The van der Waals surface area contributed by atoms with Crippen molar-refractivity contribution in [3.63, 3.8) is 0 Å². The molecular formula is C12H15NO6S. The second-order valence-electron chi connectivity index (χ2n) is 4.00. The highest BCUT2D eigenvalue weighted by Crippen LogP contribution is 2.16. The molecule has 0 aliphatic carbocycles. The highest BCUT2D eigenvalue weighted by molar-refractivity contribution is 7.93. The van der Waals surface area contributed by atoms with Gasteiger partial charge in [-0.2, -0.15) is 0 Å². The number of carboxylic acid groups (broad SMARTS) is 1. The topological polar surface area (TPSA) is 110 Å². The third kappa shape index (κ3) is 4.54. The molecule has 110 valence electrons. The van der Waals surface area contributed by atoms with Gasteiger partial charge in [0, 0.05) is 5.69 Å². The van der Waals surface area contributed by atoms with Gasteiger partial charge in [0.25, 0.3) is 0 Å². The van der Waals surface area contributed by atoms with E-state index in [1.165, 1.54) is 18.2 Å². The van der Waals surface area contributed by atoms with Gasteiger partial charge in [0.2, 0.25) is 10.0 Å². The van der Waals surface area contributed by atoms with Crippen molar-refractivity contribution >= 4 is 27.6 Å². The Hall–Kier alpha value is -2.09. The third-order valence-electron chi connectivity index (χ3n) is 2.34. The van der Waals surface area contributed by atoms with E-state index in [1.807, 2.05) is 0 Å². The average molecular weight is 301 g/mol. The zero-order valence-corrected chi connectivity index (χ0v) is 11.9. The fourth-order valence-corrected chi connectivity index (χ4v) is 2.49. The lowest BCUT2D eigenvalue weighted by Gasteiger charge is -2.09. The van der Waals surface area contributed by atoms with Crippen LogP contribution in [0.2, 0.25) is 0 Å². The SMILES string of the molecule is CCOC(=O)CS(=O)(=O)Nc1ccc(C(=O)O)c(C)c1. The third-order valence-corrected chi connectivity index (χ3v) is 3.51. The first-order chi connectivity index (χ1) is 9.25. The van der Waals surface area contributed by atoms with Gasteiger partial charge in [-0.1, -0.05) is 0 Å². The van der Waals surface area contributed by atoms with Crippen molar-refractivity contribution in [2.75, 3.05) is 17.1 Å². The van der Waals surface area contributed by atoms with Gasteiger partial charge in [-0.25, -0.2) is 13.2 Å². The number of anilines is 1. The van der Waals surface area contributed by atoms with Crippen molar-refractivity contribution < 1.29 is 27.9 Å². The van der Waals surface area contributed by atoms with Crippen LogP contribution < -0.4 is 4.72 Å². The molecule has 0 radical (unpaired) electrons. The smallest absolute Gasteiger partial charge is 0.335 e. The molecule has 1 aromatic carbocycles. The summed E-state index contributed by atoms with van der Waals surface area (Å²) >= 11 is 0. The van der Waals surface area contributed by atoms with Crippen LogP contribution in [0.5, 0.6) is 0 Å². The number of sulfonamides is 1.